The Kier molecular flexibility index (Phi) is 8.77. The van der Waals surface area contributed by atoms with E-state index in [2.05, 4.69) is 6.92 Å². The third kappa shape index (κ3) is 6.20. The van der Waals surface area contributed by atoms with Gasteiger partial charge in [0.15, 0.2) is 0 Å². The van der Waals surface area contributed by atoms with Gasteiger partial charge in [0.1, 0.15) is 11.5 Å². The van der Waals surface area contributed by atoms with Gasteiger partial charge in [-0.1, -0.05) is 32.0 Å². The Morgan fingerprint density at radius 1 is 0.912 bits per heavy atom. The molecular formula is C26H29NO5S2. The molecule has 3 aromatic carbocycles. The summed E-state index contributed by atoms with van der Waals surface area (Å²) in [6.07, 6.45) is 0.968. The summed E-state index contributed by atoms with van der Waals surface area (Å²) < 4.78 is 38.8. The van der Waals surface area contributed by atoms with Gasteiger partial charge in [-0.05, 0) is 91.9 Å². The maximum absolute atomic E-state index is 13.3. The van der Waals surface area contributed by atoms with E-state index in [0.717, 1.165) is 29.0 Å². The predicted molar refractivity (Wildman–Crippen MR) is 135 cm³/mol. The molecular weight excluding hydrogens is 470 g/mol. The van der Waals surface area contributed by atoms with E-state index in [-0.39, 0.29) is 23.6 Å². The SMILES string of the molecule is CCOC(=O)c1cc(S(=O)(=O)N(CC)Sc2ccc(Oc3ccc(CC)cc3)cc2)ccc1C. The molecule has 0 aliphatic rings. The number of benzene rings is 3. The van der Waals surface area contributed by atoms with Crippen LogP contribution in [-0.2, 0) is 21.2 Å². The van der Waals surface area contributed by atoms with Gasteiger partial charge < -0.3 is 9.47 Å². The highest BCUT2D eigenvalue weighted by Crippen LogP contribution is 2.32. The number of aryl methyl sites for hydroxylation is 2. The second-order valence-corrected chi connectivity index (χ2v) is 10.7. The minimum atomic E-state index is -3.85. The van der Waals surface area contributed by atoms with Crippen LogP contribution in [0.25, 0.3) is 0 Å². The van der Waals surface area contributed by atoms with E-state index < -0.39 is 16.0 Å². The Morgan fingerprint density at radius 2 is 1.53 bits per heavy atom. The third-order valence-electron chi connectivity index (χ3n) is 5.13. The monoisotopic (exact) mass is 499 g/mol. The Morgan fingerprint density at radius 3 is 2.09 bits per heavy atom. The van der Waals surface area contributed by atoms with Crippen molar-refractivity contribution in [1.82, 2.24) is 3.71 Å². The normalized spacial score (nSPS) is 11.4. The standard InChI is InChI=1S/C26H29NO5S2/c1-5-20-9-11-21(12-10-20)32-22-13-15-23(16-14-22)33-27(6-2)34(29,30)24-17-8-19(4)25(18-24)26(28)31-7-3/h8-18H,5-7H2,1-4H3. The van der Waals surface area contributed by atoms with Gasteiger partial charge in [-0.2, -0.15) is 0 Å². The third-order valence-corrected chi connectivity index (χ3v) is 8.53. The van der Waals surface area contributed by atoms with Crippen molar-refractivity contribution in [2.75, 3.05) is 13.2 Å². The highest BCUT2D eigenvalue weighted by molar-refractivity contribution is 8.08. The first kappa shape index (κ1) is 25.8. The predicted octanol–water partition coefficient (Wildman–Crippen LogP) is 6.24. The molecule has 180 valence electrons. The van der Waals surface area contributed by atoms with Crippen molar-refractivity contribution in [3.8, 4) is 11.5 Å². The number of esters is 1. The molecule has 0 heterocycles. The van der Waals surface area contributed by atoms with Gasteiger partial charge in [-0.25, -0.2) is 13.2 Å². The Balaban J connectivity index is 1.76. The molecule has 3 rings (SSSR count). The van der Waals surface area contributed by atoms with Crippen LogP contribution >= 0.6 is 11.9 Å². The molecule has 0 radical (unpaired) electrons. The van der Waals surface area contributed by atoms with Crippen molar-refractivity contribution in [3.05, 3.63) is 83.4 Å². The number of hydrogen-bond acceptors (Lipinski definition) is 6. The lowest BCUT2D eigenvalue weighted by atomic mass is 10.1. The molecule has 0 aromatic heterocycles. The summed E-state index contributed by atoms with van der Waals surface area (Å²) in [6, 6.07) is 19.7. The number of carbonyl (C=O) groups excluding carboxylic acids is 1. The van der Waals surface area contributed by atoms with E-state index in [1.54, 1.807) is 39.0 Å². The van der Waals surface area contributed by atoms with Gasteiger partial charge in [0.25, 0.3) is 10.0 Å². The summed E-state index contributed by atoms with van der Waals surface area (Å²) in [5.74, 6) is 0.872. The average molecular weight is 500 g/mol. The van der Waals surface area contributed by atoms with Crippen LogP contribution in [0.5, 0.6) is 11.5 Å². The summed E-state index contributed by atoms with van der Waals surface area (Å²) in [5, 5.41) is 0. The highest BCUT2D eigenvalue weighted by atomic mass is 32.3. The minimum absolute atomic E-state index is 0.0472. The summed E-state index contributed by atoms with van der Waals surface area (Å²) in [7, 11) is -3.85. The second-order valence-electron chi connectivity index (χ2n) is 7.48. The first-order valence-electron chi connectivity index (χ1n) is 11.1. The van der Waals surface area contributed by atoms with Crippen molar-refractivity contribution < 1.29 is 22.7 Å². The first-order chi connectivity index (χ1) is 16.3. The van der Waals surface area contributed by atoms with Crippen LogP contribution in [0, 0.1) is 6.92 Å². The molecule has 8 heteroatoms. The largest absolute Gasteiger partial charge is 0.462 e. The number of carbonyl (C=O) groups is 1. The fourth-order valence-electron chi connectivity index (χ4n) is 3.21. The van der Waals surface area contributed by atoms with Crippen LogP contribution in [0.3, 0.4) is 0 Å². The molecule has 6 nitrogen and oxygen atoms in total. The zero-order chi connectivity index (χ0) is 24.7. The molecule has 0 N–H and O–H groups in total. The molecule has 0 aliphatic carbocycles. The topological polar surface area (TPSA) is 72.9 Å². The van der Waals surface area contributed by atoms with Gasteiger partial charge in [0.2, 0.25) is 0 Å². The molecule has 0 unspecified atom stereocenters. The van der Waals surface area contributed by atoms with Crippen LogP contribution in [-0.4, -0.2) is 31.2 Å². The van der Waals surface area contributed by atoms with Crippen molar-refractivity contribution in [1.29, 1.82) is 0 Å². The van der Waals surface area contributed by atoms with Crippen molar-refractivity contribution in [3.63, 3.8) is 0 Å². The van der Waals surface area contributed by atoms with Gasteiger partial charge in [0.05, 0.1) is 17.1 Å². The van der Waals surface area contributed by atoms with Crippen LogP contribution in [0.15, 0.2) is 76.5 Å². The Bertz CT molecular complexity index is 1220. The summed E-state index contributed by atoms with van der Waals surface area (Å²) in [4.78, 5) is 13.0. The molecule has 0 spiro atoms. The Hall–Kier alpha value is -2.81. The van der Waals surface area contributed by atoms with Crippen LogP contribution in [0.1, 0.15) is 42.3 Å². The number of nitrogens with zero attached hydrogens (tertiary/aromatic N) is 1. The lowest BCUT2D eigenvalue weighted by Crippen LogP contribution is -2.24. The zero-order valence-corrected chi connectivity index (χ0v) is 21.4. The van der Waals surface area contributed by atoms with Crippen molar-refractivity contribution in [2.24, 2.45) is 0 Å². The molecule has 0 amide bonds. The van der Waals surface area contributed by atoms with Crippen molar-refractivity contribution in [2.45, 2.75) is 43.9 Å². The van der Waals surface area contributed by atoms with Crippen molar-refractivity contribution >= 4 is 27.9 Å². The van der Waals surface area contributed by atoms with Gasteiger partial charge in [0, 0.05) is 11.4 Å². The zero-order valence-electron chi connectivity index (χ0n) is 19.8. The molecule has 0 atom stereocenters. The van der Waals surface area contributed by atoms with Gasteiger partial charge >= 0.3 is 5.97 Å². The molecule has 0 saturated carbocycles. The van der Waals surface area contributed by atoms with E-state index in [4.69, 9.17) is 9.47 Å². The minimum Gasteiger partial charge on any atom is -0.462 e. The van der Waals surface area contributed by atoms with E-state index >= 15 is 0 Å². The molecule has 0 saturated heterocycles. The summed E-state index contributed by atoms with van der Waals surface area (Å²) in [5.41, 5.74) is 2.15. The summed E-state index contributed by atoms with van der Waals surface area (Å²) >= 11 is 1.11. The van der Waals surface area contributed by atoms with E-state index in [0.29, 0.717) is 11.3 Å². The molecule has 0 aliphatic heterocycles. The van der Waals surface area contributed by atoms with Gasteiger partial charge in [-0.3, -0.25) is 0 Å². The molecule has 0 bridgehead atoms. The molecule has 0 fully saturated rings. The smallest absolute Gasteiger partial charge is 0.338 e. The van der Waals surface area contributed by atoms with Crippen LogP contribution in [0.4, 0.5) is 0 Å². The number of hydrogen-bond donors (Lipinski definition) is 0. The highest BCUT2D eigenvalue weighted by Gasteiger charge is 2.26. The van der Waals surface area contributed by atoms with E-state index in [9.17, 15) is 13.2 Å². The van der Waals surface area contributed by atoms with Gasteiger partial charge in [-0.15, -0.1) is 3.71 Å². The average Bonchev–Trinajstić information content (AvgIpc) is 2.84. The Labute approximate surface area is 206 Å². The maximum atomic E-state index is 13.3. The van der Waals surface area contributed by atoms with E-state index in [1.807, 2.05) is 36.4 Å². The first-order valence-corrected chi connectivity index (χ1v) is 13.3. The number of ether oxygens (including phenoxy) is 2. The quantitative estimate of drug-likeness (QED) is 0.243. The number of rotatable bonds is 10. The molecule has 3 aromatic rings. The fraction of sp³-hybridized carbons (Fsp3) is 0.269. The maximum Gasteiger partial charge on any atom is 0.338 e. The van der Waals surface area contributed by atoms with Crippen LogP contribution in [0.2, 0.25) is 0 Å². The fourth-order valence-corrected chi connectivity index (χ4v) is 5.82. The number of sulfonamides is 1. The van der Waals surface area contributed by atoms with E-state index in [1.165, 1.54) is 21.4 Å². The lowest BCUT2D eigenvalue weighted by molar-refractivity contribution is 0.0525. The molecule has 34 heavy (non-hydrogen) atoms. The summed E-state index contributed by atoms with van der Waals surface area (Å²) in [6.45, 7) is 7.79. The van der Waals surface area contributed by atoms with Crippen LogP contribution < -0.4 is 4.74 Å². The lowest BCUT2D eigenvalue weighted by Gasteiger charge is -2.20. The second kappa shape index (κ2) is 11.6.